The average molecular weight is 285 g/mol. The Morgan fingerprint density at radius 2 is 1.95 bits per heavy atom. The Morgan fingerprint density at radius 3 is 2.50 bits per heavy atom. The van der Waals surface area contributed by atoms with E-state index in [1.165, 1.54) is 6.92 Å². The molecule has 110 valence electrons. The molecule has 0 aromatic heterocycles. The van der Waals surface area contributed by atoms with E-state index in [-0.39, 0.29) is 17.7 Å². The minimum Gasteiger partial charge on any atom is -0.481 e. The summed E-state index contributed by atoms with van der Waals surface area (Å²) in [5, 5.41) is 11.3. The largest absolute Gasteiger partial charge is 0.481 e. The number of amides is 1. The predicted molar refractivity (Wildman–Crippen MR) is 69.5 cm³/mol. The highest BCUT2D eigenvalue weighted by molar-refractivity contribution is 5.94. The fraction of sp³-hybridized carbons (Fsp3) is 0.429. The fourth-order valence-electron chi connectivity index (χ4n) is 1.80. The molecule has 20 heavy (non-hydrogen) atoms. The molecule has 0 aliphatic rings. The third-order valence-corrected chi connectivity index (χ3v) is 2.99. The summed E-state index contributed by atoms with van der Waals surface area (Å²) in [6.45, 7) is 3.17. The zero-order chi connectivity index (χ0) is 15.3. The van der Waals surface area contributed by atoms with Crippen LogP contribution in [0.3, 0.4) is 0 Å². The van der Waals surface area contributed by atoms with Crippen LogP contribution in [0.25, 0.3) is 0 Å². The number of nitrogens with one attached hydrogen (secondary N) is 1. The third kappa shape index (κ3) is 4.01. The second-order valence-electron chi connectivity index (χ2n) is 4.62. The van der Waals surface area contributed by atoms with Crippen molar-refractivity contribution >= 4 is 11.9 Å². The molecule has 1 rings (SSSR count). The Hall–Kier alpha value is -1.98. The Balaban J connectivity index is 2.76. The van der Waals surface area contributed by atoms with Crippen LogP contribution >= 0.6 is 0 Å². The minimum absolute atomic E-state index is 0.0854. The van der Waals surface area contributed by atoms with E-state index in [1.807, 2.05) is 6.92 Å². The molecule has 1 atom stereocenters. The molecule has 0 bridgehead atoms. The molecule has 0 radical (unpaired) electrons. The number of hydrogen-bond acceptors (Lipinski definition) is 2. The summed E-state index contributed by atoms with van der Waals surface area (Å²) in [4.78, 5) is 22.7. The third-order valence-electron chi connectivity index (χ3n) is 2.99. The topological polar surface area (TPSA) is 66.4 Å². The highest BCUT2D eigenvalue weighted by atomic mass is 19.1. The van der Waals surface area contributed by atoms with E-state index in [0.717, 1.165) is 6.07 Å². The zero-order valence-electron chi connectivity index (χ0n) is 11.4. The average Bonchev–Trinajstić information content (AvgIpc) is 2.38. The molecule has 1 aromatic carbocycles. The maximum Gasteiger partial charge on any atom is 0.308 e. The Labute approximate surface area is 115 Å². The molecule has 0 saturated carbocycles. The lowest BCUT2D eigenvalue weighted by molar-refractivity contribution is -0.141. The number of carbonyl (C=O) groups excluding carboxylic acids is 1. The van der Waals surface area contributed by atoms with E-state index >= 15 is 0 Å². The maximum atomic E-state index is 13.5. The molecule has 0 aliphatic carbocycles. The number of halogens is 2. The summed E-state index contributed by atoms with van der Waals surface area (Å²) in [5.74, 6) is -4.16. The quantitative estimate of drug-likeness (QED) is 0.844. The van der Waals surface area contributed by atoms with Gasteiger partial charge in [0.15, 0.2) is 0 Å². The standard InChI is InChI=1S/C14H17F2NO3/c1-3-4-9(14(19)20)7-17-13(18)10-5-8(2)11(15)6-12(10)16/h5-6,9H,3-4,7H2,1-2H3,(H,17,18)(H,19,20). The van der Waals surface area contributed by atoms with Crippen LogP contribution in [0.5, 0.6) is 0 Å². The SMILES string of the molecule is CCCC(CNC(=O)c1cc(C)c(F)cc1F)C(=O)O. The van der Waals surface area contributed by atoms with Crippen LogP contribution in [0.4, 0.5) is 8.78 Å². The minimum atomic E-state index is -1.01. The molecule has 0 aliphatic heterocycles. The molecule has 6 heteroatoms. The molecule has 0 fully saturated rings. The number of carboxylic acids is 1. The van der Waals surface area contributed by atoms with Crippen molar-refractivity contribution in [3.05, 3.63) is 34.9 Å². The van der Waals surface area contributed by atoms with Gasteiger partial charge in [0.05, 0.1) is 11.5 Å². The van der Waals surface area contributed by atoms with Crippen LogP contribution in [0.1, 0.15) is 35.7 Å². The highest BCUT2D eigenvalue weighted by Gasteiger charge is 2.19. The van der Waals surface area contributed by atoms with E-state index < -0.39 is 29.4 Å². The summed E-state index contributed by atoms with van der Waals surface area (Å²) in [6, 6.07) is 1.75. The molecule has 4 nitrogen and oxygen atoms in total. The first kappa shape index (κ1) is 16.1. The van der Waals surface area contributed by atoms with Crippen molar-refractivity contribution in [2.75, 3.05) is 6.54 Å². The van der Waals surface area contributed by atoms with E-state index in [0.29, 0.717) is 18.9 Å². The van der Waals surface area contributed by atoms with Crippen LogP contribution in [0, 0.1) is 24.5 Å². The molecular weight excluding hydrogens is 268 g/mol. The number of rotatable bonds is 6. The van der Waals surface area contributed by atoms with Gasteiger partial charge < -0.3 is 10.4 Å². The van der Waals surface area contributed by atoms with E-state index in [2.05, 4.69) is 5.32 Å². The summed E-state index contributed by atoms with van der Waals surface area (Å²) in [7, 11) is 0. The zero-order valence-corrected chi connectivity index (χ0v) is 11.4. The molecule has 0 heterocycles. The van der Waals surface area contributed by atoms with Crippen molar-refractivity contribution in [3.63, 3.8) is 0 Å². The molecule has 1 aromatic rings. The summed E-state index contributed by atoms with van der Waals surface area (Å²) >= 11 is 0. The van der Waals surface area contributed by atoms with Gasteiger partial charge in [-0.3, -0.25) is 9.59 Å². The van der Waals surface area contributed by atoms with Gasteiger partial charge in [-0.15, -0.1) is 0 Å². The lowest BCUT2D eigenvalue weighted by Gasteiger charge is -2.13. The van der Waals surface area contributed by atoms with Crippen molar-refractivity contribution in [3.8, 4) is 0 Å². The summed E-state index contributed by atoms with van der Waals surface area (Å²) < 4.78 is 26.6. The summed E-state index contributed by atoms with van der Waals surface area (Å²) in [5.41, 5.74) is -0.135. The molecule has 2 N–H and O–H groups in total. The van der Waals surface area contributed by atoms with Gasteiger partial charge in [-0.2, -0.15) is 0 Å². The predicted octanol–water partition coefficient (Wildman–Crippen LogP) is 2.50. The number of benzene rings is 1. The van der Waals surface area contributed by atoms with E-state index in [1.54, 1.807) is 0 Å². The van der Waals surface area contributed by atoms with Crippen LogP contribution < -0.4 is 5.32 Å². The number of aryl methyl sites for hydroxylation is 1. The van der Waals surface area contributed by atoms with Gasteiger partial charge in [0, 0.05) is 12.6 Å². The number of carbonyl (C=O) groups is 2. The van der Waals surface area contributed by atoms with Crippen molar-refractivity contribution in [2.24, 2.45) is 5.92 Å². The molecule has 0 saturated heterocycles. The normalized spacial score (nSPS) is 12.0. The molecule has 1 unspecified atom stereocenters. The van der Waals surface area contributed by atoms with Crippen LogP contribution in [0.2, 0.25) is 0 Å². The van der Waals surface area contributed by atoms with Gasteiger partial charge >= 0.3 is 5.97 Å². The van der Waals surface area contributed by atoms with E-state index in [9.17, 15) is 18.4 Å². The van der Waals surface area contributed by atoms with Crippen molar-refractivity contribution in [1.29, 1.82) is 0 Å². The summed E-state index contributed by atoms with van der Waals surface area (Å²) in [6.07, 6.45) is 1.08. The molecular formula is C14H17F2NO3. The van der Waals surface area contributed by atoms with Gasteiger partial charge in [-0.05, 0) is 25.0 Å². The smallest absolute Gasteiger partial charge is 0.308 e. The van der Waals surface area contributed by atoms with Crippen molar-refractivity contribution < 1.29 is 23.5 Å². The monoisotopic (exact) mass is 285 g/mol. The van der Waals surface area contributed by atoms with Gasteiger partial charge in [0.1, 0.15) is 11.6 Å². The van der Waals surface area contributed by atoms with Gasteiger partial charge in [-0.25, -0.2) is 8.78 Å². The van der Waals surface area contributed by atoms with Crippen molar-refractivity contribution in [1.82, 2.24) is 5.32 Å². The first-order valence-electron chi connectivity index (χ1n) is 6.33. The first-order chi connectivity index (χ1) is 9.36. The second kappa shape index (κ2) is 6.98. The van der Waals surface area contributed by atoms with Gasteiger partial charge in [0.25, 0.3) is 5.91 Å². The Morgan fingerprint density at radius 1 is 1.30 bits per heavy atom. The van der Waals surface area contributed by atoms with Crippen LogP contribution in [-0.2, 0) is 4.79 Å². The number of carboxylic acid groups (broad SMARTS) is 1. The first-order valence-corrected chi connectivity index (χ1v) is 6.33. The molecule has 0 spiro atoms. The Kier molecular flexibility index (Phi) is 5.61. The fourth-order valence-corrected chi connectivity index (χ4v) is 1.80. The molecule has 1 amide bonds. The highest BCUT2D eigenvalue weighted by Crippen LogP contribution is 2.14. The van der Waals surface area contributed by atoms with Gasteiger partial charge in [-0.1, -0.05) is 13.3 Å². The Bertz CT molecular complexity index is 517. The number of hydrogen-bond donors (Lipinski definition) is 2. The number of aliphatic carboxylic acids is 1. The second-order valence-corrected chi connectivity index (χ2v) is 4.62. The van der Waals surface area contributed by atoms with E-state index in [4.69, 9.17) is 5.11 Å². The lowest BCUT2D eigenvalue weighted by atomic mass is 10.0. The van der Waals surface area contributed by atoms with Crippen molar-refractivity contribution in [2.45, 2.75) is 26.7 Å². The van der Waals surface area contributed by atoms with Crippen LogP contribution in [0.15, 0.2) is 12.1 Å². The lowest BCUT2D eigenvalue weighted by Crippen LogP contribution is -2.33. The maximum absolute atomic E-state index is 13.5. The van der Waals surface area contributed by atoms with Gasteiger partial charge in [0.2, 0.25) is 0 Å². The van der Waals surface area contributed by atoms with Crippen LogP contribution in [-0.4, -0.2) is 23.5 Å².